The van der Waals surface area contributed by atoms with Gasteiger partial charge in [-0.1, -0.05) is 43.8 Å². The lowest BCUT2D eigenvalue weighted by Crippen LogP contribution is -2.31. The average Bonchev–Trinajstić information content (AvgIpc) is 3.20. The number of aromatic nitrogens is 2. The average molecular weight is 613 g/mol. The Balaban J connectivity index is 1.71. The molecule has 41 heavy (non-hydrogen) atoms. The van der Waals surface area contributed by atoms with E-state index in [4.69, 9.17) is 4.98 Å². The van der Waals surface area contributed by atoms with Gasteiger partial charge in [-0.3, -0.25) is 14.2 Å². The Morgan fingerprint density at radius 2 is 1.73 bits per heavy atom. The molecule has 1 N–H and O–H groups in total. The van der Waals surface area contributed by atoms with E-state index in [1.807, 2.05) is 45.9 Å². The summed E-state index contributed by atoms with van der Waals surface area (Å²) in [7, 11) is -3.70. The summed E-state index contributed by atoms with van der Waals surface area (Å²) in [6, 6.07) is 10.7. The third kappa shape index (κ3) is 5.86. The van der Waals surface area contributed by atoms with Crippen molar-refractivity contribution in [2.45, 2.75) is 70.7 Å². The molecule has 0 spiro atoms. The molecule has 8 nitrogen and oxygen atoms in total. The number of thiophene rings is 1. The number of hydrogen-bond donors (Lipinski definition) is 1. The summed E-state index contributed by atoms with van der Waals surface area (Å²) in [6.45, 7) is 15.7. The summed E-state index contributed by atoms with van der Waals surface area (Å²) >= 11 is 2.66. The summed E-state index contributed by atoms with van der Waals surface area (Å²) < 4.78 is 29.4. The van der Waals surface area contributed by atoms with Gasteiger partial charge in [0.15, 0.2) is 5.16 Å². The van der Waals surface area contributed by atoms with Crippen LogP contribution in [0.4, 0.5) is 5.69 Å². The van der Waals surface area contributed by atoms with E-state index in [1.165, 1.54) is 33.5 Å². The standard InChI is InChI=1S/C30H36N4O4S3/c1-9-33(10-2)41(37,38)25-16-23(15-14-18(25)4)31-27(35)22(8)40-30-32-28-26(20(6)21(7)39-28)29(36)34(30)24-13-11-12-17(3)19(24)5/h11-16,22H,9-10H2,1-8H3,(H,31,35). The number of anilines is 1. The number of hydrogen-bond acceptors (Lipinski definition) is 7. The van der Waals surface area contributed by atoms with E-state index in [0.29, 0.717) is 39.7 Å². The highest BCUT2D eigenvalue weighted by atomic mass is 32.2. The fraction of sp³-hybridized carbons (Fsp3) is 0.367. The van der Waals surface area contributed by atoms with Crippen molar-refractivity contribution in [2.75, 3.05) is 18.4 Å². The molecule has 0 aliphatic heterocycles. The summed E-state index contributed by atoms with van der Waals surface area (Å²) in [5.41, 5.74) is 4.48. The Bertz CT molecular complexity index is 1800. The van der Waals surface area contributed by atoms with E-state index in [1.54, 1.807) is 44.4 Å². The lowest BCUT2D eigenvalue weighted by atomic mass is 10.1. The SMILES string of the molecule is CCN(CC)S(=O)(=O)c1cc(NC(=O)C(C)Sc2nc3sc(C)c(C)c3c(=O)n2-c2cccc(C)c2C)ccc1C. The molecule has 4 rings (SSSR count). The number of carbonyl (C=O) groups is 1. The van der Waals surface area contributed by atoms with E-state index < -0.39 is 15.3 Å². The van der Waals surface area contributed by atoms with E-state index in [2.05, 4.69) is 5.32 Å². The Morgan fingerprint density at radius 3 is 2.39 bits per heavy atom. The quantitative estimate of drug-likeness (QED) is 0.180. The van der Waals surface area contributed by atoms with Gasteiger partial charge in [0.1, 0.15) is 4.83 Å². The largest absolute Gasteiger partial charge is 0.325 e. The van der Waals surface area contributed by atoms with Crippen LogP contribution in [0.3, 0.4) is 0 Å². The molecular formula is C30H36N4O4S3. The van der Waals surface area contributed by atoms with Crippen LogP contribution in [0.1, 0.15) is 47.9 Å². The van der Waals surface area contributed by atoms with E-state index in [9.17, 15) is 18.0 Å². The zero-order chi connectivity index (χ0) is 30.2. The first kappa shape index (κ1) is 31.0. The summed E-state index contributed by atoms with van der Waals surface area (Å²) in [5.74, 6) is -0.328. The molecule has 0 saturated carbocycles. The molecule has 1 unspecified atom stereocenters. The van der Waals surface area contributed by atoms with Crippen LogP contribution in [0.5, 0.6) is 0 Å². The lowest BCUT2D eigenvalue weighted by molar-refractivity contribution is -0.115. The van der Waals surface area contributed by atoms with Crippen molar-refractivity contribution in [1.29, 1.82) is 0 Å². The molecule has 1 atom stereocenters. The Hall–Kier alpha value is -2.99. The maximum absolute atomic E-state index is 13.9. The third-order valence-corrected chi connectivity index (χ3v) is 11.8. The second-order valence-electron chi connectivity index (χ2n) is 10.0. The number of benzene rings is 2. The molecule has 2 aromatic heterocycles. The first-order valence-electron chi connectivity index (χ1n) is 13.5. The number of amides is 1. The van der Waals surface area contributed by atoms with Crippen LogP contribution >= 0.6 is 23.1 Å². The zero-order valence-corrected chi connectivity index (χ0v) is 27.1. The molecule has 0 bridgehead atoms. The second kappa shape index (κ2) is 12.1. The van der Waals surface area contributed by atoms with Crippen molar-refractivity contribution in [2.24, 2.45) is 0 Å². The fourth-order valence-corrected chi connectivity index (χ4v) is 8.36. The monoisotopic (exact) mass is 612 g/mol. The predicted molar refractivity (Wildman–Crippen MR) is 169 cm³/mol. The Kier molecular flexibility index (Phi) is 9.13. The summed E-state index contributed by atoms with van der Waals surface area (Å²) in [5, 5.41) is 3.25. The molecule has 0 aliphatic rings. The number of aryl methyl sites for hydroxylation is 4. The van der Waals surface area contributed by atoms with E-state index in [0.717, 1.165) is 27.3 Å². The number of nitrogens with zero attached hydrogens (tertiary/aromatic N) is 3. The normalized spacial score (nSPS) is 12.7. The summed E-state index contributed by atoms with van der Waals surface area (Å²) in [4.78, 5) is 34.0. The van der Waals surface area contributed by atoms with Gasteiger partial charge in [-0.15, -0.1) is 11.3 Å². The molecular weight excluding hydrogens is 577 g/mol. The van der Waals surface area contributed by atoms with Gasteiger partial charge in [-0.2, -0.15) is 4.31 Å². The van der Waals surface area contributed by atoms with Gasteiger partial charge >= 0.3 is 0 Å². The zero-order valence-electron chi connectivity index (χ0n) is 24.7. The smallest absolute Gasteiger partial charge is 0.267 e. The van der Waals surface area contributed by atoms with Crippen molar-refractivity contribution in [3.8, 4) is 5.69 Å². The van der Waals surface area contributed by atoms with Crippen LogP contribution in [-0.4, -0.2) is 46.5 Å². The van der Waals surface area contributed by atoms with Gasteiger partial charge in [0.25, 0.3) is 5.56 Å². The van der Waals surface area contributed by atoms with Crippen LogP contribution in [0, 0.1) is 34.6 Å². The molecule has 2 aromatic carbocycles. The topological polar surface area (TPSA) is 101 Å². The Morgan fingerprint density at radius 1 is 1.05 bits per heavy atom. The van der Waals surface area contributed by atoms with Crippen LogP contribution in [-0.2, 0) is 14.8 Å². The molecule has 1 amide bonds. The minimum absolute atomic E-state index is 0.162. The van der Waals surface area contributed by atoms with Crippen LogP contribution in [0.15, 0.2) is 51.2 Å². The first-order valence-corrected chi connectivity index (χ1v) is 16.6. The minimum Gasteiger partial charge on any atom is -0.325 e. The molecule has 0 radical (unpaired) electrons. The second-order valence-corrected chi connectivity index (χ2v) is 14.5. The molecule has 218 valence electrons. The minimum atomic E-state index is -3.70. The molecule has 2 heterocycles. The number of thioether (sulfide) groups is 1. The van der Waals surface area contributed by atoms with Gasteiger partial charge in [0.2, 0.25) is 15.9 Å². The van der Waals surface area contributed by atoms with Crippen LogP contribution in [0.25, 0.3) is 15.9 Å². The number of nitrogens with one attached hydrogen (secondary N) is 1. The molecule has 0 aliphatic carbocycles. The van der Waals surface area contributed by atoms with E-state index >= 15 is 0 Å². The first-order chi connectivity index (χ1) is 19.3. The number of carbonyl (C=O) groups excluding carboxylic acids is 1. The van der Waals surface area contributed by atoms with Crippen LogP contribution < -0.4 is 10.9 Å². The number of fused-ring (bicyclic) bond motifs is 1. The van der Waals surface area contributed by atoms with Crippen molar-refractivity contribution in [1.82, 2.24) is 13.9 Å². The number of rotatable bonds is 9. The number of sulfonamides is 1. The fourth-order valence-electron chi connectivity index (χ4n) is 4.66. The van der Waals surface area contributed by atoms with Gasteiger partial charge < -0.3 is 5.32 Å². The van der Waals surface area contributed by atoms with Gasteiger partial charge in [-0.25, -0.2) is 13.4 Å². The highest BCUT2D eigenvalue weighted by Crippen LogP contribution is 2.32. The van der Waals surface area contributed by atoms with E-state index in [-0.39, 0.29) is 16.4 Å². The van der Waals surface area contributed by atoms with Gasteiger partial charge in [0, 0.05) is 23.7 Å². The van der Waals surface area contributed by atoms with Crippen molar-refractivity contribution >= 4 is 54.9 Å². The molecule has 0 fully saturated rings. The molecule has 11 heteroatoms. The van der Waals surface area contributed by atoms with Gasteiger partial charge in [-0.05, 0) is 82.0 Å². The third-order valence-electron chi connectivity index (χ3n) is 7.42. The van der Waals surface area contributed by atoms with Crippen molar-refractivity contribution in [3.63, 3.8) is 0 Å². The lowest BCUT2D eigenvalue weighted by Gasteiger charge is -2.21. The predicted octanol–water partition coefficient (Wildman–Crippen LogP) is 6.14. The van der Waals surface area contributed by atoms with Crippen molar-refractivity contribution < 1.29 is 13.2 Å². The highest BCUT2D eigenvalue weighted by molar-refractivity contribution is 8.00. The summed E-state index contributed by atoms with van der Waals surface area (Å²) in [6.07, 6.45) is 0. The van der Waals surface area contributed by atoms with Gasteiger partial charge in [0.05, 0.1) is 21.2 Å². The van der Waals surface area contributed by atoms with Crippen LogP contribution in [0.2, 0.25) is 0 Å². The molecule has 4 aromatic rings. The highest BCUT2D eigenvalue weighted by Gasteiger charge is 2.26. The maximum Gasteiger partial charge on any atom is 0.267 e. The van der Waals surface area contributed by atoms with Crippen molar-refractivity contribution in [3.05, 3.63) is 73.9 Å². The Labute approximate surface area is 249 Å². The maximum atomic E-state index is 13.9. The molecule has 0 saturated heterocycles.